The van der Waals surface area contributed by atoms with Crippen LogP contribution in [0.5, 0.6) is 0 Å². The van der Waals surface area contributed by atoms with Crippen molar-refractivity contribution in [2.24, 2.45) is 5.84 Å². The smallest absolute Gasteiger partial charge is 0.240 e. The van der Waals surface area contributed by atoms with Gasteiger partial charge in [-0.05, 0) is 38.2 Å². The molecule has 5 nitrogen and oxygen atoms in total. The lowest BCUT2D eigenvalue weighted by atomic mass is 10.00. The summed E-state index contributed by atoms with van der Waals surface area (Å²) in [5.41, 5.74) is 2.62. The van der Waals surface area contributed by atoms with Gasteiger partial charge in [0.25, 0.3) is 0 Å². The molecule has 0 bridgehead atoms. The maximum Gasteiger partial charge on any atom is 0.240 e. The molecule has 21 heavy (non-hydrogen) atoms. The minimum atomic E-state index is 0.516. The molecule has 0 aliphatic carbocycles. The average molecular weight is 305 g/mol. The van der Waals surface area contributed by atoms with Crippen LogP contribution in [0.3, 0.4) is 0 Å². The third-order valence-corrected chi connectivity index (χ3v) is 5.44. The van der Waals surface area contributed by atoms with Crippen molar-refractivity contribution < 1.29 is 0 Å². The van der Waals surface area contributed by atoms with E-state index in [2.05, 4.69) is 40.2 Å². The number of nitrogens with zero attached hydrogens (tertiary/aromatic N) is 3. The van der Waals surface area contributed by atoms with Gasteiger partial charge in [-0.2, -0.15) is 4.98 Å². The molecule has 1 aliphatic heterocycles. The molecule has 0 spiro atoms. The number of nitrogens with two attached hydrogens (primary N) is 1. The zero-order valence-electron chi connectivity index (χ0n) is 12.7. The molecule has 0 radical (unpaired) electrons. The topological polar surface area (TPSA) is 67.1 Å². The maximum absolute atomic E-state index is 5.56. The van der Waals surface area contributed by atoms with E-state index in [1.165, 1.54) is 29.5 Å². The third kappa shape index (κ3) is 2.70. The van der Waals surface area contributed by atoms with Gasteiger partial charge in [0.05, 0.1) is 5.39 Å². The van der Waals surface area contributed by atoms with Crippen molar-refractivity contribution in [3.63, 3.8) is 0 Å². The first kappa shape index (κ1) is 14.5. The fourth-order valence-corrected chi connectivity index (χ4v) is 4.08. The van der Waals surface area contributed by atoms with Crippen LogP contribution in [-0.4, -0.2) is 22.6 Å². The van der Waals surface area contributed by atoms with Gasteiger partial charge < -0.3 is 4.90 Å². The maximum atomic E-state index is 5.56. The highest BCUT2D eigenvalue weighted by Crippen LogP contribution is 2.35. The summed E-state index contributed by atoms with van der Waals surface area (Å²) < 4.78 is 0. The van der Waals surface area contributed by atoms with Crippen molar-refractivity contribution >= 4 is 33.3 Å². The number of piperidine rings is 1. The van der Waals surface area contributed by atoms with Gasteiger partial charge in [0.15, 0.2) is 0 Å². The molecule has 2 aromatic heterocycles. The number of hydrogen-bond acceptors (Lipinski definition) is 6. The summed E-state index contributed by atoms with van der Waals surface area (Å²) in [5.74, 6) is 7.12. The van der Waals surface area contributed by atoms with Crippen LogP contribution in [-0.2, 0) is 6.42 Å². The molecule has 1 atom stereocenters. The van der Waals surface area contributed by atoms with Crippen molar-refractivity contribution in [3.05, 3.63) is 10.9 Å². The van der Waals surface area contributed by atoms with Crippen molar-refractivity contribution in [2.45, 2.75) is 52.0 Å². The summed E-state index contributed by atoms with van der Waals surface area (Å²) in [7, 11) is 0. The van der Waals surface area contributed by atoms with Gasteiger partial charge in [0, 0.05) is 17.5 Å². The SMILES string of the molecule is CCc1cc2c(N3CCCCC3CC)nc(NN)nc2s1. The minimum Gasteiger partial charge on any atom is -0.353 e. The monoisotopic (exact) mass is 305 g/mol. The molecular formula is C15H23N5S. The number of anilines is 2. The van der Waals surface area contributed by atoms with Crippen LogP contribution in [0.2, 0.25) is 0 Å². The summed E-state index contributed by atoms with van der Waals surface area (Å²) in [6, 6.07) is 2.82. The van der Waals surface area contributed by atoms with Gasteiger partial charge in [-0.1, -0.05) is 13.8 Å². The first-order chi connectivity index (χ1) is 10.3. The van der Waals surface area contributed by atoms with Gasteiger partial charge in [0.2, 0.25) is 5.95 Å². The lowest BCUT2D eigenvalue weighted by Crippen LogP contribution is -2.39. The predicted octanol–water partition coefficient (Wildman–Crippen LogP) is 3.31. The van der Waals surface area contributed by atoms with E-state index in [4.69, 9.17) is 5.84 Å². The molecule has 3 N–H and O–H groups in total. The zero-order valence-corrected chi connectivity index (χ0v) is 13.5. The summed E-state index contributed by atoms with van der Waals surface area (Å²) in [4.78, 5) is 14.0. The molecule has 0 amide bonds. The van der Waals surface area contributed by atoms with Crippen LogP contribution in [0.15, 0.2) is 6.07 Å². The molecule has 2 aromatic rings. The normalized spacial score (nSPS) is 19.2. The van der Waals surface area contributed by atoms with Crippen LogP contribution in [0.25, 0.3) is 10.2 Å². The summed E-state index contributed by atoms with van der Waals surface area (Å²) in [6.45, 7) is 5.51. The van der Waals surface area contributed by atoms with E-state index in [1.807, 2.05) is 0 Å². The molecule has 1 unspecified atom stereocenters. The van der Waals surface area contributed by atoms with Gasteiger partial charge in [0.1, 0.15) is 10.6 Å². The third-order valence-electron chi connectivity index (χ3n) is 4.27. The Kier molecular flexibility index (Phi) is 4.26. The Morgan fingerprint density at radius 2 is 2.24 bits per heavy atom. The Bertz CT molecular complexity index is 624. The summed E-state index contributed by atoms with van der Waals surface area (Å²) in [6.07, 6.45) is 5.98. The molecule has 3 rings (SSSR count). The van der Waals surface area contributed by atoms with Crippen LogP contribution < -0.4 is 16.2 Å². The lowest BCUT2D eigenvalue weighted by Gasteiger charge is -2.36. The fraction of sp³-hybridized carbons (Fsp3) is 0.600. The first-order valence-electron chi connectivity index (χ1n) is 7.80. The standard InChI is InChI=1S/C15H23N5S/c1-3-10-7-5-6-8-20(10)13-12-9-11(4-2)21-14(12)18-15(17-13)19-16/h9-10H,3-8,16H2,1-2H3,(H,17,18,19). The van der Waals surface area contributed by atoms with Gasteiger partial charge in [-0.25, -0.2) is 10.8 Å². The number of aromatic nitrogens is 2. The van der Waals surface area contributed by atoms with E-state index in [1.54, 1.807) is 11.3 Å². The van der Waals surface area contributed by atoms with Gasteiger partial charge in [-0.3, -0.25) is 5.43 Å². The van der Waals surface area contributed by atoms with Gasteiger partial charge in [-0.15, -0.1) is 11.3 Å². The first-order valence-corrected chi connectivity index (χ1v) is 8.62. The highest BCUT2D eigenvalue weighted by molar-refractivity contribution is 7.18. The van der Waals surface area contributed by atoms with Crippen molar-refractivity contribution in [1.29, 1.82) is 0 Å². The largest absolute Gasteiger partial charge is 0.353 e. The molecule has 3 heterocycles. The van der Waals surface area contributed by atoms with E-state index < -0.39 is 0 Å². The molecule has 0 saturated carbocycles. The van der Waals surface area contributed by atoms with Crippen molar-refractivity contribution in [2.75, 3.05) is 16.9 Å². The molecule has 1 saturated heterocycles. The van der Waals surface area contributed by atoms with E-state index in [0.29, 0.717) is 12.0 Å². The Hall–Kier alpha value is -1.40. The average Bonchev–Trinajstić information content (AvgIpc) is 2.96. The molecule has 114 valence electrons. The highest BCUT2D eigenvalue weighted by atomic mass is 32.1. The van der Waals surface area contributed by atoms with E-state index in [-0.39, 0.29) is 0 Å². The number of fused-ring (bicyclic) bond motifs is 1. The number of nitrogens with one attached hydrogen (secondary N) is 1. The molecule has 1 fully saturated rings. The Labute approximate surface area is 129 Å². The molecule has 1 aliphatic rings. The summed E-state index contributed by atoms with van der Waals surface area (Å²) >= 11 is 1.74. The molecular weight excluding hydrogens is 282 g/mol. The van der Waals surface area contributed by atoms with E-state index in [9.17, 15) is 0 Å². The lowest BCUT2D eigenvalue weighted by molar-refractivity contribution is 0.448. The second kappa shape index (κ2) is 6.15. The second-order valence-corrected chi connectivity index (χ2v) is 6.67. The minimum absolute atomic E-state index is 0.516. The van der Waals surface area contributed by atoms with Gasteiger partial charge >= 0.3 is 0 Å². The van der Waals surface area contributed by atoms with Crippen molar-refractivity contribution in [3.8, 4) is 0 Å². The molecule has 0 aromatic carbocycles. The number of nitrogen functional groups attached to an aromatic ring is 1. The van der Waals surface area contributed by atoms with Crippen LogP contribution in [0, 0.1) is 0 Å². The highest BCUT2D eigenvalue weighted by Gasteiger charge is 2.25. The number of thiophene rings is 1. The van der Waals surface area contributed by atoms with E-state index >= 15 is 0 Å². The fourth-order valence-electron chi connectivity index (χ4n) is 3.12. The quantitative estimate of drug-likeness (QED) is 0.670. The van der Waals surface area contributed by atoms with E-state index in [0.717, 1.165) is 30.0 Å². The zero-order chi connectivity index (χ0) is 14.8. The number of aryl methyl sites for hydroxylation is 1. The Morgan fingerprint density at radius 3 is 2.95 bits per heavy atom. The Balaban J connectivity index is 2.12. The number of hydrazine groups is 1. The van der Waals surface area contributed by atoms with Crippen LogP contribution in [0.1, 0.15) is 44.4 Å². The summed E-state index contributed by atoms with van der Waals surface area (Å²) in [5, 5.41) is 1.18. The molecule has 6 heteroatoms. The van der Waals surface area contributed by atoms with Crippen LogP contribution >= 0.6 is 11.3 Å². The predicted molar refractivity (Wildman–Crippen MR) is 89.9 cm³/mol. The van der Waals surface area contributed by atoms with Crippen LogP contribution in [0.4, 0.5) is 11.8 Å². The second-order valence-electron chi connectivity index (χ2n) is 5.55. The number of hydrogen-bond donors (Lipinski definition) is 2. The number of rotatable bonds is 4. The Morgan fingerprint density at radius 1 is 1.38 bits per heavy atom. The van der Waals surface area contributed by atoms with Crippen molar-refractivity contribution in [1.82, 2.24) is 9.97 Å².